The number of para-hydroxylation sites is 1. The van der Waals surface area contributed by atoms with Crippen LogP contribution >= 0.6 is 0 Å². The molecule has 0 aromatic heterocycles. The molecule has 0 saturated heterocycles. The number of carbonyl (C=O) groups is 1. The van der Waals surface area contributed by atoms with E-state index in [1.807, 2.05) is 51.4 Å². The lowest BCUT2D eigenvalue weighted by atomic mass is 10.0. The standard InChI is InChI=1S/C28H42NO3/c1-5-6-7-8-9-13-18-26-19-14-15-20-27(26)32-24(2)23-31-28(30)22-29(3,4)21-25-16-11-10-12-17-25/h10-12,14-17,19-20,24H,5-9,13,18,21-23H2,1-4H3/q+1. The molecule has 0 amide bonds. The van der Waals surface area contributed by atoms with Crippen LogP contribution in [-0.2, 0) is 22.5 Å². The number of nitrogens with zero attached hydrogens (tertiary/aromatic N) is 1. The summed E-state index contributed by atoms with van der Waals surface area (Å²) in [6.45, 7) is 5.58. The molecule has 0 radical (unpaired) electrons. The summed E-state index contributed by atoms with van der Waals surface area (Å²) in [5.41, 5.74) is 2.45. The van der Waals surface area contributed by atoms with Crippen LogP contribution < -0.4 is 4.74 Å². The molecule has 1 atom stereocenters. The number of likely N-dealkylation sites (N-methyl/N-ethyl adjacent to an activating group) is 1. The van der Waals surface area contributed by atoms with Gasteiger partial charge in [-0.15, -0.1) is 0 Å². The second kappa shape index (κ2) is 13.9. The predicted octanol–water partition coefficient (Wildman–Crippen LogP) is 6.18. The van der Waals surface area contributed by atoms with Crippen LogP contribution in [0.25, 0.3) is 0 Å². The summed E-state index contributed by atoms with van der Waals surface area (Å²) in [6, 6.07) is 18.5. The van der Waals surface area contributed by atoms with Crippen molar-refractivity contribution in [2.24, 2.45) is 0 Å². The Kier molecular flexibility index (Phi) is 11.3. The second-order valence-electron chi connectivity index (χ2n) is 9.47. The van der Waals surface area contributed by atoms with E-state index >= 15 is 0 Å². The molecule has 0 bridgehead atoms. The third-order valence-electron chi connectivity index (χ3n) is 5.59. The van der Waals surface area contributed by atoms with Crippen LogP contribution in [0.4, 0.5) is 0 Å². The topological polar surface area (TPSA) is 35.5 Å². The monoisotopic (exact) mass is 440 g/mol. The minimum atomic E-state index is -0.193. The fourth-order valence-corrected chi connectivity index (χ4v) is 3.91. The zero-order valence-electron chi connectivity index (χ0n) is 20.5. The van der Waals surface area contributed by atoms with E-state index in [2.05, 4.69) is 31.2 Å². The Labute approximate surface area is 195 Å². The first-order valence-electron chi connectivity index (χ1n) is 12.2. The molecule has 0 spiro atoms. The van der Waals surface area contributed by atoms with Crippen LogP contribution in [0, 0.1) is 0 Å². The Balaban J connectivity index is 1.75. The molecule has 2 rings (SSSR count). The first kappa shape index (κ1) is 25.9. The maximum atomic E-state index is 12.4. The van der Waals surface area contributed by atoms with E-state index in [9.17, 15) is 4.79 Å². The fraction of sp³-hybridized carbons (Fsp3) is 0.536. The molecule has 0 saturated carbocycles. The van der Waals surface area contributed by atoms with Gasteiger partial charge >= 0.3 is 5.97 Å². The molecule has 4 heteroatoms. The first-order valence-corrected chi connectivity index (χ1v) is 12.2. The average Bonchev–Trinajstić information content (AvgIpc) is 2.76. The SMILES string of the molecule is CCCCCCCCc1ccccc1OC(C)COC(=O)C[N+](C)(C)Cc1ccccc1. The van der Waals surface area contributed by atoms with Crippen LogP contribution in [0.5, 0.6) is 5.75 Å². The van der Waals surface area contributed by atoms with Crippen LogP contribution in [0.1, 0.15) is 63.5 Å². The third kappa shape index (κ3) is 10.3. The van der Waals surface area contributed by atoms with Gasteiger partial charge in [-0.3, -0.25) is 0 Å². The predicted molar refractivity (Wildman–Crippen MR) is 132 cm³/mol. The van der Waals surface area contributed by atoms with Crippen LogP contribution in [-0.4, -0.2) is 43.8 Å². The van der Waals surface area contributed by atoms with Gasteiger partial charge in [0, 0.05) is 5.56 Å². The van der Waals surface area contributed by atoms with Crippen molar-refractivity contribution in [2.45, 2.75) is 71.4 Å². The molecule has 2 aromatic carbocycles. The summed E-state index contributed by atoms with van der Waals surface area (Å²) < 4.78 is 12.2. The van der Waals surface area contributed by atoms with Gasteiger partial charge in [-0.1, -0.05) is 87.6 Å². The molecule has 0 heterocycles. The Morgan fingerprint density at radius 2 is 1.56 bits per heavy atom. The molecule has 0 aliphatic heterocycles. The van der Waals surface area contributed by atoms with Crippen LogP contribution in [0.3, 0.4) is 0 Å². The van der Waals surface area contributed by atoms with Crippen LogP contribution in [0.15, 0.2) is 54.6 Å². The molecule has 1 unspecified atom stereocenters. The molecule has 0 aliphatic carbocycles. The molecule has 4 nitrogen and oxygen atoms in total. The van der Waals surface area contributed by atoms with Gasteiger partial charge < -0.3 is 14.0 Å². The number of hydrogen-bond donors (Lipinski definition) is 0. The van der Waals surface area contributed by atoms with Crippen molar-refractivity contribution < 1.29 is 18.8 Å². The van der Waals surface area contributed by atoms with Crippen molar-refractivity contribution in [3.63, 3.8) is 0 Å². The number of aryl methyl sites for hydroxylation is 1. The van der Waals surface area contributed by atoms with E-state index in [4.69, 9.17) is 9.47 Å². The highest BCUT2D eigenvalue weighted by molar-refractivity contribution is 5.70. The number of benzene rings is 2. The Bertz CT molecular complexity index is 788. The number of esters is 1. The maximum Gasteiger partial charge on any atom is 0.361 e. The summed E-state index contributed by atoms with van der Waals surface area (Å²) >= 11 is 0. The number of unbranched alkanes of at least 4 members (excludes halogenated alkanes) is 5. The highest BCUT2D eigenvalue weighted by atomic mass is 16.6. The molecular weight excluding hydrogens is 398 g/mol. The molecule has 2 aromatic rings. The lowest BCUT2D eigenvalue weighted by Gasteiger charge is -2.29. The van der Waals surface area contributed by atoms with E-state index in [1.54, 1.807) is 0 Å². The van der Waals surface area contributed by atoms with Gasteiger partial charge in [-0.25, -0.2) is 4.79 Å². The van der Waals surface area contributed by atoms with E-state index in [-0.39, 0.29) is 18.7 Å². The van der Waals surface area contributed by atoms with Crippen molar-refractivity contribution in [1.82, 2.24) is 0 Å². The maximum absolute atomic E-state index is 12.4. The fourth-order valence-electron chi connectivity index (χ4n) is 3.91. The van der Waals surface area contributed by atoms with Crippen molar-refractivity contribution in [3.05, 3.63) is 65.7 Å². The van der Waals surface area contributed by atoms with Crippen molar-refractivity contribution in [2.75, 3.05) is 27.2 Å². The van der Waals surface area contributed by atoms with E-state index in [0.29, 0.717) is 11.0 Å². The first-order chi connectivity index (χ1) is 15.4. The number of hydrogen-bond acceptors (Lipinski definition) is 3. The molecule has 0 N–H and O–H groups in total. The van der Waals surface area contributed by atoms with Crippen LogP contribution in [0.2, 0.25) is 0 Å². The van der Waals surface area contributed by atoms with Gasteiger partial charge in [0.1, 0.15) is 25.0 Å². The molecule has 0 fully saturated rings. The highest BCUT2D eigenvalue weighted by Crippen LogP contribution is 2.22. The normalized spacial score (nSPS) is 12.4. The Hall–Kier alpha value is -2.33. The average molecular weight is 441 g/mol. The summed E-state index contributed by atoms with van der Waals surface area (Å²) in [6.07, 6.45) is 8.54. The van der Waals surface area contributed by atoms with Crippen molar-refractivity contribution >= 4 is 5.97 Å². The molecule has 0 aliphatic rings. The smallest absolute Gasteiger partial charge is 0.361 e. The Morgan fingerprint density at radius 1 is 0.906 bits per heavy atom. The molecular formula is C28H42NO3+. The van der Waals surface area contributed by atoms with Gasteiger partial charge in [0.05, 0.1) is 14.1 Å². The summed E-state index contributed by atoms with van der Waals surface area (Å²) in [4.78, 5) is 12.4. The zero-order valence-corrected chi connectivity index (χ0v) is 20.5. The van der Waals surface area contributed by atoms with Gasteiger partial charge in [-0.05, 0) is 31.4 Å². The number of quaternary nitrogens is 1. The largest absolute Gasteiger partial charge is 0.487 e. The minimum absolute atomic E-state index is 0.186. The minimum Gasteiger partial charge on any atom is -0.487 e. The lowest BCUT2D eigenvalue weighted by Crippen LogP contribution is -2.44. The zero-order chi connectivity index (χ0) is 23.2. The third-order valence-corrected chi connectivity index (χ3v) is 5.59. The summed E-state index contributed by atoms with van der Waals surface area (Å²) in [5.74, 6) is 0.714. The van der Waals surface area contributed by atoms with Gasteiger partial charge in [-0.2, -0.15) is 0 Å². The van der Waals surface area contributed by atoms with E-state index in [1.165, 1.54) is 49.7 Å². The van der Waals surface area contributed by atoms with Gasteiger partial charge in [0.2, 0.25) is 0 Å². The van der Waals surface area contributed by atoms with Crippen molar-refractivity contribution in [3.8, 4) is 5.75 Å². The summed E-state index contributed by atoms with van der Waals surface area (Å²) in [5, 5.41) is 0. The van der Waals surface area contributed by atoms with E-state index in [0.717, 1.165) is 18.7 Å². The second-order valence-corrected chi connectivity index (χ2v) is 9.47. The van der Waals surface area contributed by atoms with Gasteiger partial charge in [0.15, 0.2) is 6.54 Å². The Morgan fingerprint density at radius 3 is 2.31 bits per heavy atom. The van der Waals surface area contributed by atoms with E-state index < -0.39 is 0 Å². The van der Waals surface area contributed by atoms with Gasteiger partial charge in [0.25, 0.3) is 0 Å². The summed E-state index contributed by atoms with van der Waals surface area (Å²) in [7, 11) is 4.10. The number of rotatable bonds is 15. The van der Waals surface area contributed by atoms with Crippen molar-refractivity contribution in [1.29, 1.82) is 0 Å². The lowest BCUT2D eigenvalue weighted by molar-refractivity contribution is -0.896. The highest BCUT2D eigenvalue weighted by Gasteiger charge is 2.22. The quantitative estimate of drug-likeness (QED) is 0.189. The molecule has 176 valence electrons. The molecule has 32 heavy (non-hydrogen) atoms. The number of ether oxygens (including phenoxy) is 2. The number of carbonyl (C=O) groups excluding carboxylic acids is 1.